The Morgan fingerprint density at radius 3 is 2.45 bits per heavy atom. The summed E-state index contributed by atoms with van der Waals surface area (Å²) in [6.45, 7) is 5.95. The minimum Gasteiger partial charge on any atom is -0.331 e. The summed E-state index contributed by atoms with van der Waals surface area (Å²) in [5, 5.41) is 7.54. The highest BCUT2D eigenvalue weighted by Gasteiger charge is 2.07. The minimum absolute atomic E-state index is 0.139. The maximum absolute atomic E-state index is 11.9. The number of nitrogens with one attached hydrogen (secondary N) is 3. The van der Waals surface area contributed by atoms with E-state index in [1.165, 1.54) is 5.56 Å². The fourth-order valence-corrected chi connectivity index (χ4v) is 2.11. The second kappa shape index (κ2) is 7.04. The van der Waals surface area contributed by atoms with Crippen molar-refractivity contribution in [3.63, 3.8) is 0 Å². The lowest BCUT2D eigenvalue weighted by Gasteiger charge is -2.12. The van der Waals surface area contributed by atoms with Crippen LogP contribution in [0.1, 0.15) is 17.0 Å². The fourth-order valence-electron chi connectivity index (χ4n) is 1.94. The van der Waals surface area contributed by atoms with E-state index in [4.69, 9.17) is 12.2 Å². The second-order valence-electron chi connectivity index (χ2n) is 5.08. The van der Waals surface area contributed by atoms with E-state index < -0.39 is 0 Å². The summed E-state index contributed by atoms with van der Waals surface area (Å²) in [7, 11) is 0. The SMILES string of the molecule is Cc1ccc(NC(=S)NNC(=O)Cn2nc(C)cc2C)cc1. The van der Waals surface area contributed by atoms with Gasteiger partial charge in [-0.25, -0.2) is 0 Å². The molecule has 0 bridgehead atoms. The van der Waals surface area contributed by atoms with Crippen LogP contribution in [0, 0.1) is 20.8 Å². The van der Waals surface area contributed by atoms with E-state index in [-0.39, 0.29) is 12.5 Å². The molecule has 0 aliphatic carbocycles. The van der Waals surface area contributed by atoms with Gasteiger partial charge in [-0.3, -0.25) is 20.3 Å². The molecule has 2 aromatic rings. The zero-order valence-electron chi connectivity index (χ0n) is 12.8. The number of anilines is 1. The molecule has 2 rings (SSSR count). The summed E-state index contributed by atoms with van der Waals surface area (Å²) < 4.78 is 1.64. The number of carbonyl (C=O) groups excluding carboxylic acids is 1. The lowest BCUT2D eigenvalue weighted by molar-refractivity contribution is -0.122. The molecular formula is C15H19N5OS. The number of amides is 1. The Morgan fingerprint density at radius 1 is 1.18 bits per heavy atom. The zero-order chi connectivity index (χ0) is 16.1. The number of hydrogen-bond donors (Lipinski definition) is 3. The van der Waals surface area contributed by atoms with Crippen LogP contribution in [-0.4, -0.2) is 20.8 Å². The van der Waals surface area contributed by atoms with Crippen LogP contribution < -0.4 is 16.2 Å². The van der Waals surface area contributed by atoms with Crippen LogP contribution in [0.15, 0.2) is 30.3 Å². The van der Waals surface area contributed by atoms with Crippen molar-refractivity contribution in [3.05, 3.63) is 47.3 Å². The van der Waals surface area contributed by atoms with Crippen molar-refractivity contribution in [1.29, 1.82) is 0 Å². The highest BCUT2D eigenvalue weighted by atomic mass is 32.1. The van der Waals surface area contributed by atoms with Crippen molar-refractivity contribution in [1.82, 2.24) is 20.6 Å². The van der Waals surface area contributed by atoms with Crippen LogP contribution >= 0.6 is 12.2 Å². The van der Waals surface area contributed by atoms with Gasteiger partial charge in [-0.1, -0.05) is 17.7 Å². The Morgan fingerprint density at radius 2 is 1.86 bits per heavy atom. The number of aromatic nitrogens is 2. The average molecular weight is 317 g/mol. The Labute approximate surface area is 134 Å². The molecule has 3 N–H and O–H groups in total. The molecule has 0 fully saturated rings. The Bertz CT molecular complexity index is 678. The summed E-state index contributed by atoms with van der Waals surface area (Å²) in [5.41, 5.74) is 9.07. The molecule has 1 aromatic carbocycles. The maximum atomic E-state index is 11.9. The van der Waals surface area contributed by atoms with Crippen LogP contribution in [-0.2, 0) is 11.3 Å². The number of hydrogen-bond acceptors (Lipinski definition) is 3. The third-order valence-electron chi connectivity index (χ3n) is 3.02. The second-order valence-corrected chi connectivity index (χ2v) is 5.49. The van der Waals surface area contributed by atoms with E-state index in [1.807, 2.05) is 51.1 Å². The highest BCUT2D eigenvalue weighted by Crippen LogP contribution is 2.07. The molecular weight excluding hydrogens is 298 g/mol. The smallest absolute Gasteiger partial charge is 0.260 e. The minimum atomic E-state index is -0.223. The van der Waals surface area contributed by atoms with Gasteiger partial charge in [0, 0.05) is 11.4 Å². The molecule has 0 saturated carbocycles. The molecule has 7 heteroatoms. The Kier molecular flexibility index (Phi) is 5.11. The van der Waals surface area contributed by atoms with E-state index in [2.05, 4.69) is 21.3 Å². The van der Waals surface area contributed by atoms with Crippen molar-refractivity contribution < 1.29 is 4.79 Å². The van der Waals surface area contributed by atoms with Crippen LogP contribution in [0.4, 0.5) is 5.69 Å². The number of benzene rings is 1. The summed E-state index contributed by atoms with van der Waals surface area (Å²) in [4.78, 5) is 11.9. The number of thiocarbonyl (C=S) groups is 1. The first-order chi connectivity index (χ1) is 10.4. The molecule has 0 unspecified atom stereocenters. The van der Waals surface area contributed by atoms with Crippen molar-refractivity contribution in [3.8, 4) is 0 Å². The molecule has 1 heterocycles. The van der Waals surface area contributed by atoms with Gasteiger partial charge in [-0.2, -0.15) is 5.10 Å². The molecule has 0 saturated heterocycles. The number of hydrazine groups is 1. The Balaban J connectivity index is 1.79. The lowest BCUT2D eigenvalue weighted by Crippen LogP contribution is -2.45. The van der Waals surface area contributed by atoms with Crippen molar-refractivity contribution in [2.75, 3.05) is 5.32 Å². The number of nitrogens with zero attached hydrogens (tertiary/aromatic N) is 2. The van der Waals surface area contributed by atoms with Gasteiger partial charge < -0.3 is 5.32 Å². The van der Waals surface area contributed by atoms with E-state index in [0.29, 0.717) is 5.11 Å². The largest absolute Gasteiger partial charge is 0.331 e. The molecule has 1 aromatic heterocycles. The Hall–Kier alpha value is -2.41. The number of carbonyl (C=O) groups is 1. The fraction of sp³-hybridized carbons (Fsp3) is 0.267. The number of rotatable bonds is 3. The first kappa shape index (κ1) is 16.0. The van der Waals surface area contributed by atoms with Gasteiger partial charge in [0.1, 0.15) is 6.54 Å². The number of aryl methyl sites for hydroxylation is 3. The predicted molar refractivity (Wildman–Crippen MR) is 90.4 cm³/mol. The first-order valence-electron chi connectivity index (χ1n) is 6.87. The van der Waals surface area contributed by atoms with Gasteiger partial charge >= 0.3 is 0 Å². The van der Waals surface area contributed by atoms with E-state index in [1.54, 1.807) is 4.68 Å². The first-order valence-corrected chi connectivity index (χ1v) is 7.28. The standard InChI is InChI=1S/C15H19N5OS/c1-10-4-6-13(7-5-10)16-15(22)18-17-14(21)9-20-12(3)8-11(2)19-20/h4-8H,9H2,1-3H3,(H,17,21)(H2,16,18,22). The van der Waals surface area contributed by atoms with Crippen molar-refractivity contribution in [2.24, 2.45) is 0 Å². The van der Waals surface area contributed by atoms with Crippen molar-refractivity contribution in [2.45, 2.75) is 27.3 Å². The van der Waals surface area contributed by atoms with Gasteiger partial charge in [0.2, 0.25) is 0 Å². The molecule has 0 radical (unpaired) electrons. The van der Waals surface area contributed by atoms with Gasteiger partial charge in [-0.15, -0.1) is 0 Å². The van der Waals surface area contributed by atoms with Crippen LogP contribution in [0.3, 0.4) is 0 Å². The highest BCUT2D eigenvalue weighted by molar-refractivity contribution is 7.80. The normalized spacial score (nSPS) is 10.1. The van der Waals surface area contributed by atoms with Gasteiger partial charge in [0.05, 0.1) is 5.69 Å². The summed E-state index contributed by atoms with van der Waals surface area (Å²) in [5.74, 6) is -0.223. The third kappa shape index (κ3) is 4.56. The van der Waals surface area contributed by atoms with Crippen LogP contribution in [0.25, 0.3) is 0 Å². The molecule has 0 aliphatic heterocycles. The molecule has 22 heavy (non-hydrogen) atoms. The average Bonchev–Trinajstić information content (AvgIpc) is 2.77. The van der Waals surface area contributed by atoms with Gasteiger partial charge in [-0.05, 0) is 51.2 Å². The summed E-state index contributed by atoms with van der Waals surface area (Å²) in [6, 6.07) is 9.71. The molecule has 116 valence electrons. The van der Waals surface area contributed by atoms with E-state index in [9.17, 15) is 4.79 Å². The molecule has 0 aliphatic rings. The predicted octanol–water partition coefficient (Wildman–Crippen LogP) is 1.83. The topological polar surface area (TPSA) is 71.0 Å². The third-order valence-corrected chi connectivity index (χ3v) is 3.23. The quantitative estimate of drug-likeness (QED) is 0.595. The van der Waals surface area contributed by atoms with Gasteiger partial charge in [0.25, 0.3) is 5.91 Å². The van der Waals surface area contributed by atoms with E-state index >= 15 is 0 Å². The van der Waals surface area contributed by atoms with Crippen LogP contribution in [0.5, 0.6) is 0 Å². The molecule has 6 nitrogen and oxygen atoms in total. The maximum Gasteiger partial charge on any atom is 0.260 e. The van der Waals surface area contributed by atoms with Crippen LogP contribution in [0.2, 0.25) is 0 Å². The van der Waals surface area contributed by atoms with Crippen molar-refractivity contribution >= 4 is 28.9 Å². The molecule has 1 amide bonds. The monoisotopic (exact) mass is 317 g/mol. The molecule has 0 spiro atoms. The summed E-state index contributed by atoms with van der Waals surface area (Å²) >= 11 is 5.12. The zero-order valence-corrected chi connectivity index (χ0v) is 13.6. The summed E-state index contributed by atoms with van der Waals surface area (Å²) in [6.07, 6.45) is 0. The molecule has 0 atom stereocenters. The van der Waals surface area contributed by atoms with E-state index in [0.717, 1.165) is 17.1 Å². The lowest BCUT2D eigenvalue weighted by atomic mass is 10.2. The van der Waals surface area contributed by atoms with Gasteiger partial charge in [0.15, 0.2) is 5.11 Å².